The van der Waals surface area contributed by atoms with Crippen LogP contribution in [0.15, 0.2) is 10.9 Å². The maximum Gasteiger partial charge on any atom is 0.261 e. The van der Waals surface area contributed by atoms with Gasteiger partial charge in [-0.3, -0.25) is 4.79 Å². The lowest BCUT2D eigenvalue weighted by atomic mass is 10.0. The monoisotopic (exact) mass is 263 g/mol. The van der Waals surface area contributed by atoms with E-state index in [0.717, 1.165) is 32.4 Å². The Morgan fingerprint density at radius 1 is 1.50 bits per heavy atom. The number of rotatable bonds is 2. The molecule has 1 aliphatic heterocycles. The fourth-order valence-electron chi connectivity index (χ4n) is 2.71. The fourth-order valence-corrected chi connectivity index (χ4v) is 2.85. The van der Waals surface area contributed by atoms with Crippen molar-refractivity contribution in [3.63, 3.8) is 0 Å². The number of thiocarbonyl (C=S) groups is 1. The maximum atomic E-state index is 12.4. The van der Waals surface area contributed by atoms with Crippen LogP contribution in [-0.2, 0) is 13.0 Å². The van der Waals surface area contributed by atoms with Gasteiger partial charge >= 0.3 is 0 Å². The standard InChI is InChI=1S/C13H17N3OS/c1-15-5-4-11-8(7-15)6-10(12(14)18)13(17)16(11)9-2-3-9/h6,9H,2-5,7H2,1H3,(H2,14,18). The number of nitrogens with zero attached hydrogens (tertiary/aromatic N) is 2. The second-order valence-corrected chi connectivity index (χ2v) is 5.73. The molecule has 0 radical (unpaired) electrons. The van der Waals surface area contributed by atoms with Crippen LogP contribution in [-0.4, -0.2) is 28.0 Å². The van der Waals surface area contributed by atoms with Gasteiger partial charge in [0.1, 0.15) is 4.99 Å². The van der Waals surface area contributed by atoms with E-state index in [-0.39, 0.29) is 10.5 Å². The maximum absolute atomic E-state index is 12.4. The summed E-state index contributed by atoms with van der Waals surface area (Å²) in [5, 5.41) is 0. The first-order chi connectivity index (χ1) is 8.58. The van der Waals surface area contributed by atoms with Crippen LogP contribution in [0.1, 0.15) is 35.7 Å². The summed E-state index contributed by atoms with van der Waals surface area (Å²) in [6.45, 7) is 1.88. The van der Waals surface area contributed by atoms with Gasteiger partial charge in [-0.25, -0.2) is 0 Å². The minimum Gasteiger partial charge on any atom is -0.389 e. The summed E-state index contributed by atoms with van der Waals surface area (Å²) < 4.78 is 1.96. The number of hydrogen-bond donors (Lipinski definition) is 1. The topological polar surface area (TPSA) is 51.3 Å². The number of pyridine rings is 1. The van der Waals surface area contributed by atoms with Crippen molar-refractivity contribution in [2.24, 2.45) is 5.73 Å². The molecule has 1 aromatic heterocycles. The molecule has 2 heterocycles. The minimum absolute atomic E-state index is 0.00769. The molecule has 0 spiro atoms. The Bertz CT molecular complexity index is 574. The van der Waals surface area contributed by atoms with E-state index in [9.17, 15) is 4.79 Å². The third kappa shape index (κ3) is 1.87. The molecule has 3 rings (SSSR count). The van der Waals surface area contributed by atoms with Gasteiger partial charge in [-0.1, -0.05) is 12.2 Å². The molecule has 1 aromatic rings. The first-order valence-corrected chi connectivity index (χ1v) is 6.74. The highest BCUT2D eigenvalue weighted by Crippen LogP contribution is 2.36. The average molecular weight is 263 g/mol. The van der Waals surface area contributed by atoms with Crippen LogP contribution in [0, 0.1) is 0 Å². The van der Waals surface area contributed by atoms with E-state index in [1.54, 1.807) is 0 Å². The van der Waals surface area contributed by atoms with E-state index in [1.165, 1.54) is 11.3 Å². The van der Waals surface area contributed by atoms with Crippen molar-refractivity contribution in [2.75, 3.05) is 13.6 Å². The Hall–Kier alpha value is -1.20. The molecule has 2 aliphatic rings. The summed E-state index contributed by atoms with van der Waals surface area (Å²) >= 11 is 5.00. The predicted octanol–water partition coefficient (Wildman–Crippen LogP) is 0.805. The van der Waals surface area contributed by atoms with Gasteiger partial charge in [-0.2, -0.15) is 0 Å². The van der Waals surface area contributed by atoms with Gasteiger partial charge in [0, 0.05) is 31.2 Å². The average Bonchev–Trinajstić information content (AvgIpc) is 3.12. The van der Waals surface area contributed by atoms with Crippen molar-refractivity contribution in [1.82, 2.24) is 9.47 Å². The largest absolute Gasteiger partial charge is 0.389 e. The minimum atomic E-state index is 0.00769. The van der Waals surface area contributed by atoms with Gasteiger partial charge in [0.05, 0.1) is 5.56 Å². The molecule has 0 aromatic carbocycles. The number of aromatic nitrogens is 1. The van der Waals surface area contributed by atoms with E-state index in [1.807, 2.05) is 10.6 Å². The molecule has 2 N–H and O–H groups in total. The van der Waals surface area contributed by atoms with Crippen molar-refractivity contribution in [1.29, 1.82) is 0 Å². The molecule has 5 heteroatoms. The first-order valence-electron chi connectivity index (χ1n) is 6.33. The van der Waals surface area contributed by atoms with Gasteiger partial charge < -0.3 is 15.2 Å². The van der Waals surface area contributed by atoms with E-state index in [0.29, 0.717) is 11.6 Å². The summed E-state index contributed by atoms with van der Waals surface area (Å²) in [7, 11) is 2.09. The molecule has 0 unspecified atom stereocenters. The Kier molecular flexibility index (Phi) is 2.75. The SMILES string of the molecule is CN1CCc2c(cc(C(N)=S)c(=O)n2C2CC2)C1. The first kappa shape index (κ1) is 11.9. The Morgan fingerprint density at radius 2 is 2.22 bits per heavy atom. The molecule has 96 valence electrons. The second-order valence-electron chi connectivity index (χ2n) is 5.29. The number of hydrogen-bond acceptors (Lipinski definition) is 3. The third-order valence-corrected chi connectivity index (χ3v) is 4.00. The van der Waals surface area contributed by atoms with Gasteiger partial charge in [-0.05, 0) is 31.5 Å². The second kappa shape index (κ2) is 4.17. The van der Waals surface area contributed by atoms with Crippen LogP contribution in [0.5, 0.6) is 0 Å². The molecule has 1 saturated carbocycles. The van der Waals surface area contributed by atoms with Crippen LogP contribution in [0.4, 0.5) is 0 Å². The normalized spacial score (nSPS) is 19.6. The summed E-state index contributed by atoms with van der Waals surface area (Å²) in [5.74, 6) is 0. The number of fused-ring (bicyclic) bond motifs is 1. The third-order valence-electron chi connectivity index (χ3n) is 3.78. The van der Waals surface area contributed by atoms with Crippen LogP contribution >= 0.6 is 12.2 Å². The van der Waals surface area contributed by atoms with Gasteiger partial charge in [0.2, 0.25) is 0 Å². The summed E-state index contributed by atoms with van der Waals surface area (Å²) in [5.41, 5.74) is 8.59. The highest BCUT2D eigenvalue weighted by Gasteiger charge is 2.30. The number of nitrogens with two attached hydrogens (primary N) is 1. The van der Waals surface area contributed by atoms with Gasteiger partial charge in [0.15, 0.2) is 0 Å². The van der Waals surface area contributed by atoms with Crippen molar-refractivity contribution >= 4 is 17.2 Å². The molecule has 18 heavy (non-hydrogen) atoms. The number of likely N-dealkylation sites (N-methyl/N-ethyl adjacent to an activating group) is 1. The lowest BCUT2D eigenvalue weighted by Crippen LogP contribution is -2.37. The van der Waals surface area contributed by atoms with E-state index < -0.39 is 0 Å². The Labute approximate surface area is 111 Å². The van der Waals surface area contributed by atoms with Crippen LogP contribution in [0.25, 0.3) is 0 Å². The Balaban J connectivity index is 2.22. The molecule has 4 nitrogen and oxygen atoms in total. The van der Waals surface area contributed by atoms with Crippen molar-refractivity contribution in [3.8, 4) is 0 Å². The summed E-state index contributed by atoms with van der Waals surface area (Å²) in [4.78, 5) is 14.9. The lowest BCUT2D eigenvalue weighted by molar-refractivity contribution is 0.304. The van der Waals surface area contributed by atoms with Crippen LogP contribution in [0.3, 0.4) is 0 Å². The Morgan fingerprint density at radius 3 is 2.83 bits per heavy atom. The quantitative estimate of drug-likeness (QED) is 0.802. The molecule has 0 bridgehead atoms. The smallest absolute Gasteiger partial charge is 0.261 e. The summed E-state index contributed by atoms with van der Waals surface area (Å²) in [6.07, 6.45) is 3.14. The van der Waals surface area contributed by atoms with E-state index in [2.05, 4.69) is 11.9 Å². The van der Waals surface area contributed by atoms with Crippen molar-refractivity contribution in [3.05, 3.63) is 33.2 Å². The fraction of sp³-hybridized carbons (Fsp3) is 0.538. The summed E-state index contributed by atoms with van der Waals surface area (Å²) in [6, 6.07) is 2.28. The highest BCUT2D eigenvalue weighted by atomic mass is 32.1. The molecule has 0 atom stereocenters. The zero-order valence-corrected chi connectivity index (χ0v) is 11.3. The molecular formula is C13H17N3OS. The molecule has 1 aliphatic carbocycles. The van der Waals surface area contributed by atoms with Crippen molar-refractivity contribution in [2.45, 2.75) is 31.8 Å². The molecule has 0 amide bonds. The molecule has 0 saturated heterocycles. The van der Waals surface area contributed by atoms with E-state index in [4.69, 9.17) is 18.0 Å². The van der Waals surface area contributed by atoms with E-state index >= 15 is 0 Å². The van der Waals surface area contributed by atoms with Crippen LogP contribution in [0.2, 0.25) is 0 Å². The van der Waals surface area contributed by atoms with Gasteiger partial charge in [-0.15, -0.1) is 0 Å². The van der Waals surface area contributed by atoms with Gasteiger partial charge in [0.25, 0.3) is 5.56 Å². The van der Waals surface area contributed by atoms with Crippen molar-refractivity contribution < 1.29 is 0 Å². The highest BCUT2D eigenvalue weighted by molar-refractivity contribution is 7.80. The predicted molar refractivity (Wildman–Crippen MR) is 74.9 cm³/mol. The lowest BCUT2D eigenvalue weighted by Gasteiger charge is -2.28. The van der Waals surface area contributed by atoms with Crippen LogP contribution < -0.4 is 11.3 Å². The molecular weight excluding hydrogens is 246 g/mol. The zero-order chi connectivity index (χ0) is 12.9. The zero-order valence-electron chi connectivity index (χ0n) is 10.5. The molecule has 1 fully saturated rings.